The average Bonchev–Trinajstić information content (AvgIpc) is 3.10. The molecule has 2 fully saturated rings. The SMILES string of the molecule is NC(=O)C1(NC(=O)c2ccc(C3SCCS3)cc2)CCCCC1. The summed E-state index contributed by atoms with van der Waals surface area (Å²) in [5.41, 5.74) is 6.54. The lowest BCUT2D eigenvalue weighted by molar-refractivity contribution is -0.125. The highest BCUT2D eigenvalue weighted by molar-refractivity contribution is 8.19. The number of benzene rings is 1. The summed E-state index contributed by atoms with van der Waals surface area (Å²) in [4.78, 5) is 24.4. The fourth-order valence-corrected chi connectivity index (χ4v) is 6.08. The largest absolute Gasteiger partial charge is 0.368 e. The Balaban J connectivity index is 1.70. The van der Waals surface area contributed by atoms with Crippen LogP contribution in [0, 0.1) is 0 Å². The summed E-state index contributed by atoms with van der Waals surface area (Å²) in [5.74, 6) is 1.74. The van der Waals surface area contributed by atoms with Gasteiger partial charge in [-0.25, -0.2) is 0 Å². The molecule has 1 saturated carbocycles. The van der Waals surface area contributed by atoms with Crippen LogP contribution in [-0.4, -0.2) is 28.9 Å². The number of nitrogens with one attached hydrogen (secondary N) is 1. The number of carbonyl (C=O) groups is 2. The zero-order valence-corrected chi connectivity index (χ0v) is 14.7. The second kappa shape index (κ2) is 7.18. The normalized spacial score (nSPS) is 21.0. The molecule has 0 unspecified atom stereocenters. The van der Waals surface area contributed by atoms with Crippen LogP contribution in [0.15, 0.2) is 24.3 Å². The van der Waals surface area contributed by atoms with Crippen molar-refractivity contribution in [2.24, 2.45) is 5.73 Å². The quantitative estimate of drug-likeness (QED) is 0.875. The third kappa shape index (κ3) is 3.69. The van der Waals surface area contributed by atoms with Gasteiger partial charge in [0.25, 0.3) is 5.91 Å². The maximum absolute atomic E-state index is 12.5. The number of nitrogens with two attached hydrogens (primary N) is 1. The first-order valence-corrected chi connectivity index (χ1v) is 10.2. The molecule has 23 heavy (non-hydrogen) atoms. The van der Waals surface area contributed by atoms with Gasteiger partial charge in [-0.15, -0.1) is 23.5 Å². The molecule has 3 rings (SSSR count). The third-order valence-corrected chi connectivity index (χ3v) is 7.70. The minimum absolute atomic E-state index is 0.205. The standard InChI is InChI=1S/C17H22N2O2S2/c18-16(21)17(8-2-1-3-9-17)19-14(20)12-4-6-13(7-5-12)15-22-10-11-23-15/h4-7,15H,1-3,8-11H2,(H2,18,21)(H,19,20). The van der Waals surface area contributed by atoms with Crippen LogP contribution in [-0.2, 0) is 4.79 Å². The molecule has 6 heteroatoms. The van der Waals surface area contributed by atoms with Gasteiger partial charge in [0.15, 0.2) is 0 Å². The Morgan fingerprint density at radius 2 is 1.65 bits per heavy atom. The molecule has 0 spiro atoms. The molecular weight excluding hydrogens is 328 g/mol. The first-order chi connectivity index (χ1) is 11.1. The molecule has 4 nitrogen and oxygen atoms in total. The Morgan fingerprint density at radius 3 is 2.22 bits per heavy atom. The fraction of sp³-hybridized carbons (Fsp3) is 0.529. The van der Waals surface area contributed by atoms with Crippen molar-refractivity contribution >= 4 is 35.3 Å². The van der Waals surface area contributed by atoms with Crippen LogP contribution in [0.1, 0.15) is 52.6 Å². The molecule has 0 bridgehead atoms. The topological polar surface area (TPSA) is 72.2 Å². The number of hydrogen-bond acceptors (Lipinski definition) is 4. The predicted molar refractivity (Wildman–Crippen MR) is 96.6 cm³/mol. The summed E-state index contributed by atoms with van der Waals surface area (Å²) in [6.07, 6.45) is 4.23. The number of thioether (sulfide) groups is 2. The molecule has 1 aliphatic carbocycles. The first-order valence-electron chi connectivity index (χ1n) is 8.06. The monoisotopic (exact) mass is 350 g/mol. The van der Waals surface area contributed by atoms with Crippen LogP contribution in [0.25, 0.3) is 0 Å². The molecule has 1 heterocycles. The summed E-state index contributed by atoms with van der Waals surface area (Å²) in [6, 6.07) is 7.73. The van der Waals surface area contributed by atoms with Crippen molar-refractivity contribution in [3.8, 4) is 0 Å². The van der Waals surface area contributed by atoms with E-state index in [2.05, 4.69) is 5.32 Å². The minimum Gasteiger partial charge on any atom is -0.368 e. The zero-order chi connectivity index (χ0) is 16.3. The van der Waals surface area contributed by atoms with Crippen LogP contribution in [0.5, 0.6) is 0 Å². The molecule has 124 valence electrons. The number of hydrogen-bond donors (Lipinski definition) is 2. The van der Waals surface area contributed by atoms with Gasteiger partial charge in [-0.1, -0.05) is 31.4 Å². The summed E-state index contributed by atoms with van der Waals surface area (Å²) in [7, 11) is 0. The smallest absolute Gasteiger partial charge is 0.252 e. The fourth-order valence-electron chi connectivity index (χ4n) is 3.22. The highest BCUT2D eigenvalue weighted by Gasteiger charge is 2.39. The van der Waals surface area contributed by atoms with Crippen molar-refractivity contribution in [3.63, 3.8) is 0 Å². The molecule has 0 radical (unpaired) electrons. The maximum Gasteiger partial charge on any atom is 0.252 e. The van der Waals surface area contributed by atoms with E-state index in [1.54, 1.807) is 0 Å². The number of carbonyl (C=O) groups excluding carboxylic acids is 2. The van der Waals surface area contributed by atoms with Gasteiger partial charge in [0.1, 0.15) is 5.54 Å². The predicted octanol–water partition coefficient (Wildman–Crippen LogP) is 3.08. The highest BCUT2D eigenvalue weighted by atomic mass is 32.2. The lowest BCUT2D eigenvalue weighted by Crippen LogP contribution is -2.58. The Morgan fingerprint density at radius 1 is 1.04 bits per heavy atom. The second-order valence-electron chi connectivity index (χ2n) is 6.16. The molecule has 0 aromatic heterocycles. The van der Waals surface area contributed by atoms with Crippen molar-refractivity contribution in [1.29, 1.82) is 0 Å². The maximum atomic E-state index is 12.5. The van der Waals surface area contributed by atoms with Gasteiger partial charge in [0, 0.05) is 17.1 Å². The van der Waals surface area contributed by atoms with Crippen molar-refractivity contribution in [2.45, 2.75) is 42.2 Å². The van der Waals surface area contributed by atoms with E-state index in [-0.39, 0.29) is 5.91 Å². The number of rotatable bonds is 4. The molecule has 0 atom stereocenters. The van der Waals surface area contributed by atoms with E-state index in [1.165, 1.54) is 17.1 Å². The molecule has 1 aromatic carbocycles. The molecule has 2 aliphatic rings. The van der Waals surface area contributed by atoms with Crippen LogP contribution in [0.2, 0.25) is 0 Å². The number of amides is 2. The molecule has 1 aromatic rings. The molecular formula is C17H22N2O2S2. The van der Waals surface area contributed by atoms with Gasteiger partial charge < -0.3 is 11.1 Å². The van der Waals surface area contributed by atoms with Gasteiger partial charge in [-0.05, 0) is 30.5 Å². The summed E-state index contributed by atoms with van der Waals surface area (Å²) in [5, 5.41) is 2.91. The van der Waals surface area contributed by atoms with Crippen molar-refractivity contribution < 1.29 is 9.59 Å². The van der Waals surface area contributed by atoms with Gasteiger partial charge in [-0.2, -0.15) is 0 Å². The van der Waals surface area contributed by atoms with Crippen molar-refractivity contribution in [3.05, 3.63) is 35.4 Å². The Labute approximate surface area is 145 Å². The third-order valence-electron chi connectivity index (χ3n) is 4.60. The number of primary amides is 1. The lowest BCUT2D eigenvalue weighted by Gasteiger charge is -2.35. The summed E-state index contributed by atoms with van der Waals surface area (Å²) in [6.45, 7) is 0. The van der Waals surface area contributed by atoms with Crippen LogP contribution < -0.4 is 11.1 Å². The Kier molecular flexibility index (Phi) is 5.21. The van der Waals surface area contributed by atoms with Crippen molar-refractivity contribution in [2.75, 3.05) is 11.5 Å². The van der Waals surface area contributed by atoms with Gasteiger partial charge in [-0.3, -0.25) is 9.59 Å². The van der Waals surface area contributed by atoms with Gasteiger partial charge in [0.2, 0.25) is 5.91 Å². The molecule has 2 amide bonds. The van der Waals surface area contributed by atoms with Crippen molar-refractivity contribution in [1.82, 2.24) is 5.32 Å². The van der Waals surface area contributed by atoms with E-state index in [0.29, 0.717) is 23.0 Å². The zero-order valence-electron chi connectivity index (χ0n) is 13.0. The van der Waals surface area contributed by atoms with E-state index in [0.717, 1.165) is 19.3 Å². The molecule has 3 N–H and O–H groups in total. The second-order valence-corrected chi connectivity index (χ2v) is 8.88. The lowest BCUT2D eigenvalue weighted by atomic mass is 9.81. The first kappa shape index (κ1) is 16.7. The van der Waals surface area contributed by atoms with Crippen LogP contribution >= 0.6 is 23.5 Å². The average molecular weight is 351 g/mol. The van der Waals surface area contributed by atoms with Gasteiger partial charge >= 0.3 is 0 Å². The molecule has 1 aliphatic heterocycles. The van der Waals surface area contributed by atoms with Crippen LogP contribution in [0.3, 0.4) is 0 Å². The Bertz CT molecular complexity index is 577. The van der Waals surface area contributed by atoms with E-state index < -0.39 is 11.4 Å². The highest BCUT2D eigenvalue weighted by Crippen LogP contribution is 2.45. The van der Waals surface area contributed by atoms with E-state index in [4.69, 9.17) is 5.73 Å². The summed E-state index contributed by atoms with van der Waals surface area (Å²) < 4.78 is 0.474. The Hall–Kier alpha value is -1.14. The van der Waals surface area contributed by atoms with E-state index >= 15 is 0 Å². The van der Waals surface area contributed by atoms with E-state index in [1.807, 2.05) is 47.8 Å². The van der Waals surface area contributed by atoms with E-state index in [9.17, 15) is 9.59 Å². The van der Waals surface area contributed by atoms with Gasteiger partial charge in [0.05, 0.1) is 4.58 Å². The summed E-state index contributed by atoms with van der Waals surface area (Å²) >= 11 is 3.89. The minimum atomic E-state index is -0.870. The van der Waals surface area contributed by atoms with Crippen LogP contribution in [0.4, 0.5) is 0 Å². The molecule has 1 saturated heterocycles.